The molecule has 3 rings (SSSR count). The summed E-state index contributed by atoms with van der Waals surface area (Å²) in [5.74, 6) is -0.629. The number of aromatic nitrogens is 2. The summed E-state index contributed by atoms with van der Waals surface area (Å²) in [5.41, 5.74) is 0.933. The van der Waals surface area contributed by atoms with Gasteiger partial charge in [0.15, 0.2) is 0 Å². The van der Waals surface area contributed by atoms with Crippen LogP contribution in [0.25, 0.3) is 0 Å². The van der Waals surface area contributed by atoms with Crippen LogP contribution in [-0.4, -0.2) is 27.9 Å². The number of ketones is 1. The minimum absolute atomic E-state index is 0.262. The molecule has 1 aromatic heterocycles. The van der Waals surface area contributed by atoms with Gasteiger partial charge in [0.1, 0.15) is 0 Å². The fourth-order valence-corrected chi connectivity index (χ4v) is 2.35. The first kappa shape index (κ1) is 13.5. The van der Waals surface area contributed by atoms with Crippen molar-refractivity contribution in [1.82, 2.24) is 9.97 Å². The van der Waals surface area contributed by atoms with E-state index in [1.165, 1.54) is 11.8 Å². The van der Waals surface area contributed by atoms with Gasteiger partial charge in [-0.1, -0.05) is 11.6 Å². The van der Waals surface area contributed by atoms with Gasteiger partial charge in [0.2, 0.25) is 18.0 Å². The van der Waals surface area contributed by atoms with E-state index < -0.39 is 12.2 Å². The molecule has 1 aliphatic heterocycles. The van der Waals surface area contributed by atoms with Gasteiger partial charge in [-0.2, -0.15) is 0 Å². The second-order valence-corrected chi connectivity index (χ2v) is 4.84. The van der Waals surface area contributed by atoms with Crippen molar-refractivity contribution in [3.63, 3.8) is 0 Å². The van der Waals surface area contributed by atoms with E-state index in [0.717, 1.165) is 0 Å². The summed E-state index contributed by atoms with van der Waals surface area (Å²) in [6, 6.07) is 6.48. The zero-order valence-electron chi connectivity index (χ0n) is 11.0. The quantitative estimate of drug-likeness (QED) is 0.793. The molecule has 0 radical (unpaired) electrons. The average Bonchev–Trinajstić information content (AvgIpc) is 2.72. The predicted molar refractivity (Wildman–Crippen MR) is 75.5 cm³/mol. The lowest BCUT2D eigenvalue weighted by molar-refractivity contribution is -0.143. The van der Waals surface area contributed by atoms with E-state index in [-0.39, 0.29) is 11.7 Å². The lowest BCUT2D eigenvalue weighted by Crippen LogP contribution is -2.36. The monoisotopic (exact) mass is 303 g/mol. The number of hydrogen-bond donors (Lipinski definition) is 0. The number of rotatable bonds is 2. The molecule has 0 saturated heterocycles. The Morgan fingerprint density at radius 2 is 2.05 bits per heavy atom. The topological polar surface area (TPSA) is 72.4 Å². The Morgan fingerprint density at radius 1 is 1.33 bits per heavy atom. The minimum atomic E-state index is -1.11. The number of carbonyl (C=O) groups is 2. The molecule has 21 heavy (non-hydrogen) atoms. The third kappa shape index (κ3) is 2.34. The Kier molecular flexibility index (Phi) is 3.31. The first-order valence-electron chi connectivity index (χ1n) is 6.15. The Balaban J connectivity index is 2.15. The van der Waals surface area contributed by atoms with Gasteiger partial charge in [0.05, 0.1) is 5.69 Å². The Bertz CT molecular complexity index is 721. The number of esters is 1. The second-order valence-electron chi connectivity index (χ2n) is 4.41. The van der Waals surface area contributed by atoms with Gasteiger partial charge < -0.3 is 4.74 Å². The van der Waals surface area contributed by atoms with Crippen LogP contribution in [0.15, 0.2) is 36.7 Å². The number of halogens is 1. The van der Waals surface area contributed by atoms with Crippen LogP contribution in [0.4, 0.5) is 11.6 Å². The molecule has 1 atom stereocenters. The lowest BCUT2D eigenvalue weighted by Gasteiger charge is -2.23. The number of hydrogen-bond acceptors (Lipinski definition) is 6. The van der Waals surface area contributed by atoms with E-state index in [0.29, 0.717) is 16.3 Å². The molecule has 0 amide bonds. The number of ether oxygens (including phenoxy) is 1. The normalized spacial score (nSPS) is 16.8. The Morgan fingerprint density at radius 3 is 2.71 bits per heavy atom. The third-order valence-corrected chi connectivity index (χ3v) is 3.22. The molecule has 1 aromatic carbocycles. The van der Waals surface area contributed by atoms with Gasteiger partial charge >= 0.3 is 5.97 Å². The van der Waals surface area contributed by atoms with Gasteiger partial charge in [0.25, 0.3) is 0 Å². The van der Waals surface area contributed by atoms with E-state index in [1.807, 2.05) is 0 Å². The average molecular weight is 304 g/mol. The summed E-state index contributed by atoms with van der Waals surface area (Å²) < 4.78 is 5.13. The zero-order valence-corrected chi connectivity index (χ0v) is 11.7. The SMILES string of the molecule is CC(=O)OC1C(=O)c2ccc(Cl)cc2N1c1ncccn1. The van der Waals surface area contributed by atoms with Crippen LogP contribution in [0.1, 0.15) is 17.3 Å². The standard InChI is InChI=1S/C14H10ClN3O3/c1-8(19)21-13-12(20)10-4-3-9(15)7-11(10)18(13)14-16-5-2-6-17-14/h2-7,13H,1H3. The van der Waals surface area contributed by atoms with Crippen molar-refractivity contribution < 1.29 is 14.3 Å². The van der Waals surface area contributed by atoms with Crippen molar-refractivity contribution in [3.8, 4) is 0 Å². The molecule has 0 bridgehead atoms. The zero-order chi connectivity index (χ0) is 15.0. The van der Waals surface area contributed by atoms with Crippen molar-refractivity contribution >= 4 is 35.0 Å². The largest absolute Gasteiger partial charge is 0.433 e. The highest BCUT2D eigenvalue weighted by Crippen LogP contribution is 2.38. The van der Waals surface area contributed by atoms with Gasteiger partial charge in [-0.05, 0) is 24.3 Å². The fraction of sp³-hybridized carbons (Fsp3) is 0.143. The molecule has 0 spiro atoms. The van der Waals surface area contributed by atoms with Crippen molar-refractivity contribution in [3.05, 3.63) is 47.2 Å². The molecule has 0 fully saturated rings. The van der Waals surface area contributed by atoms with Crippen LogP contribution in [0.2, 0.25) is 5.02 Å². The van der Waals surface area contributed by atoms with Crippen LogP contribution in [0.3, 0.4) is 0 Å². The number of anilines is 2. The molecule has 0 N–H and O–H groups in total. The van der Waals surface area contributed by atoms with Crippen LogP contribution >= 0.6 is 11.6 Å². The maximum Gasteiger partial charge on any atom is 0.304 e. The molecule has 106 valence electrons. The highest BCUT2D eigenvalue weighted by Gasteiger charge is 2.41. The first-order chi connectivity index (χ1) is 10.1. The summed E-state index contributed by atoms with van der Waals surface area (Å²) >= 11 is 5.99. The van der Waals surface area contributed by atoms with Crippen LogP contribution in [-0.2, 0) is 9.53 Å². The molecule has 6 nitrogen and oxygen atoms in total. The van der Waals surface area contributed by atoms with Crippen molar-refractivity contribution in [2.45, 2.75) is 13.2 Å². The molecule has 1 unspecified atom stereocenters. The summed E-state index contributed by atoms with van der Waals surface area (Å²) in [5, 5.41) is 0.464. The minimum Gasteiger partial charge on any atom is -0.433 e. The van der Waals surface area contributed by atoms with Crippen molar-refractivity contribution in [2.75, 3.05) is 4.90 Å². The number of carbonyl (C=O) groups excluding carboxylic acids is 2. The molecule has 2 aromatic rings. The lowest BCUT2D eigenvalue weighted by atomic mass is 10.1. The molecule has 7 heteroatoms. The van der Waals surface area contributed by atoms with Gasteiger partial charge in [-0.25, -0.2) is 9.97 Å². The maximum absolute atomic E-state index is 12.4. The maximum atomic E-state index is 12.4. The van der Waals surface area contributed by atoms with Crippen molar-refractivity contribution in [2.24, 2.45) is 0 Å². The highest BCUT2D eigenvalue weighted by atomic mass is 35.5. The number of nitrogens with zero attached hydrogens (tertiary/aromatic N) is 3. The molecule has 2 heterocycles. The summed E-state index contributed by atoms with van der Waals surface area (Å²) in [6.45, 7) is 1.24. The van der Waals surface area contributed by atoms with E-state index >= 15 is 0 Å². The van der Waals surface area contributed by atoms with Gasteiger partial charge in [-0.3, -0.25) is 14.5 Å². The summed E-state index contributed by atoms with van der Waals surface area (Å²) in [4.78, 5) is 33.4. The second kappa shape index (κ2) is 5.14. The highest BCUT2D eigenvalue weighted by molar-refractivity contribution is 6.31. The van der Waals surface area contributed by atoms with Crippen LogP contribution in [0, 0.1) is 0 Å². The summed E-state index contributed by atoms with van der Waals surface area (Å²) in [7, 11) is 0. The van der Waals surface area contributed by atoms with Crippen LogP contribution in [0.5, 0.6) is 0 Å². The number of benzene rings is 1. The van der Waals surface area contributed by atoms with Crippen molar-refractivity contribution in [1.29, 1.82) is 0 Å². The Labute approximate surface area is 125 Å². The molecule has 0 aliphatic carbocycles. The van der Waals surface area contributed by atoms with Gasteiger partial charge in [-0.15, -0.1) is 0 Å². The molecule has 1 aliphatic rings. The number of fused-ring (bicyclic) bond motifs is 1. The molecular weight excluding hydrogens is 294 g/mol. The Hall–Kier alpha value is -2.47. The van der Waals surface area contributed by atoms with Crippen LogP contribution < -0.4 is 4.90 Å². The van der Waals surface area contributed by atoms with E-state index in [9.17, 15) is 9.59 Å². The molecule has 0 saturated carbocycles. The smallest absolute Gasteiger partial charge is 0.304 e. The summed E-state index contributed by atoms with van der Waals surface area (Å²) in [6.07, 6.45) is 1.97. The molecular formula is C14H10ClN3O3. The predicted octanol–water partition coefficient (Wildman–Crippen LogP) is 2.35. The number of Topliss-reactive ketones (excluding diaryl/α,β-unsaturated/α-hetero) is 1. The first-order valence-corrected chi connectivity index (χ1v) is 6.53. The fourth-order valence-electron chi connectivity index (χ4n) is 2.18. The third-order valence-electron chi connectivity index (χ3n) is 2.99. The van der Waals surface area contributed by atoms with E-state index in [4.69, 9.17) is 16.3 Å². The van der Waals surface area contributed by atoms with E-state index in [1.54, 1.807) is 36.7 Å². The van der Waals surface area contributed by atoms with E-state index in [2.05, 4.69) is 9.97 Å². The van der Waals surface area contributed by atoms with Gasteiger partial charge in [0, 0.05) is 29.9 Å².